The molecule has 0 radical (unpaired) electrons. The van der Waals surface area contributed by atoms with Gasteiger partial charge in [0.1, 0.15) is 17.5 Å². The van der Waals surface area contributed by atoms with Gasteiger partial charge in [0.25, 0.3) is 0 Å². The van der Waals surface area contributed by atoms with Crippen LogP contribution in [-0.4, -0.2) is 11.7 Å². The molecule has 0 aliphatic carbocycles. The van der Waals surface area contributed by atoms with E-state index in [1.807, 2.05) is 18.2 Å². The molecular formula is C22H19F2N3. The molecule has 136 valence electrons. The van der Waals surface area contributed by atoms with Crippen molar-refractivity contribution >= 4 is 22.4 Å². The lowest BCUT2D eigenvalue weighted by Gasteiger charge is -2.20. The standard InChI is InChI=1S/C22H19F2N3/c1-22(2,3)13-4-5-16-11(6-13)9-17(12-7-14(23)10-15(24)8-12)19-18(16)20(25)27-21(19)26/h4-10H,1-3H3,(H3,25,26,27). The van der Waals surface area contributed by atoms with Crippen molar-refractivity contribution in [2.45, 2.75) is 26.2 Å². The maximum Gasteiger partial charge on any atom is 0.155 e. The number of aliphatic imine (C=N–C) groups is 1. The van der Waals surface area contributed by atoms with Crippen molar-refractivity contribution in [1.82, 2.24) is 0 Å². The molecule has 27 heavy (non-hydrogen) atoms. The third-order valence-electron chi connectivity index (χ3n) is 4.90. The first-order valence-corrected chi connectivity index (χ1v) is 8.66. The third-order valence-corrected chi connectivity index (χ3v) is 4.90. The summed E-state index contributed by atoms with van der Waals surface area (Å²) in [5.74, 6) is -1.07. The summed E-state index contributed by atoms with van der Waals surface area (Å²) >= 11 is 0. The van der Waals surface area contributed by atoms with E-state index in [4.69, 9.17) is 11.1 Å². The monoisotopic (exact) mass is 363 g/mol. The zero-order valence-corrected chi connectivity index (χ0v) is 15.3. The van der Waals surface area contributed by atoms with Gasteiger partial charge in [-0.15, -0.1) is 0 Å². The highest BCUT2D eigenvalue weighted by molar-refractivity contribution is 6.28. The van der Waals surface area contributed by atoms with Crippen molar-refractivity contribution in [3.8, 4) is 11.1 Å². The highest BCUT2D eigenvalue weighted by atomic mass is 19.1. The second-order valence-electron chi connectivity index (χ2n) is 7.86. The molecule has 0 saturated carbocycles. The van der Waals surface area contributed by atoms with E-state index < -0.39 is 11.6 Å². The minimum atomic E-state index is -0.661. The summed E-state index contributed by atoms with van der Waals surface area (Å²) in [6.45, 7) is 6.36. The Morgan fingerprint density at radius 1 is 0.926 bits per heavy atom. The molecule has 3 nitrogen and oxygen atoms in total. The van der Waals surface area contributed by atoms with E-state index in [1.165, 1.54) is 12.1 Å². The van der Waals surface area contributed by atoms with Gasteiger partial charge in [-0.05, 0) is 51.1 Å². The summed E-state index contributed by atoms with van der Waals surface area (Å²) in [4.78, 5) is 4.10. The van der Waals surface area contributed by atoms with Gasteiger partial charge in [-0.3, -0.25) is 5.41 Å². The molecule has 1 heterocycles. The number of hydrogen-bond acceptors (Lipinski definition) is 2. The molecular weight excluding hydrogens is 344 g/mol. The molecule has 1 aliphatic rings. The Morgan fingerprint density at radius 2 is 1.59 bits per heavy atom. The molecule has 3 aromatic carbocycles. The van der Waals surface area contributed by atoms with Crippen molar-refractivity contribution in [1.29, 1.82) is 5.41 Å². The number of nitrogens with one attached hydrogen (secondary N) is 1. The first-order valence-electron chi connectivity index (χ1n) is 8.66. The van der Waals surface area contributed by atoms with Crippen LogP contribution in [-0.2, 0) is 5.41 Å². The lowest BCUT2D eigenvalue weighted by molar-refractivity contribution is 0.584. The van der Waals surface area contributed by atoms with Gasteiger partial charge in [-0.25, -0.2) is 13.8 Å². The molecule has 0 fully saturated rings. The fourth-order valence-electron chi connectivity index (χ4n) is 3.55. The van der Waals surface area contributed by atoms with Crippen LogP contribution in [0.15, 0.2) is 47.5 Å². The largest absolute Gasteiger partial charge is 0.383 e. The molecule has 0 unspecified atom stereocenters. The summed E-state index contributed by atoms with van der Waals surface area (Å²) in [7, 11) is 0. The number of rotatable bonds is 1. The van der Waals surface area contributed by atoms with Crippen LogP contribution in [0, 0.1) is 17.0 Å². The van der Waals surface area contributed by atoms with Crippen LogP contribution in [0.25, 0.3) is 21.9 Å². The number of hydrogen-bond donors (Lipinski definition) is 2. The van der Waals surface area contributed by atoms with Crippen molar-refractivity contribution in [2.75, 3.05) is 0 Å². The van der Waals surface area contributed by atoms with E-state index in [1.54, 1.807) is 0 Å². The molecule has 0 spiro atoms. The van der Waals surface area contributed by atoms with E-state index in [0.29, 0.717) is 22.3 Å². The Hall–Kier alpha value is -3.08. The fraction of sp³-hybridized carbons (Fsp3) is 0.182. The Labute approximate surface area is 156 Å². The summed E-state index contributed by atoms with van der Waals surface area (Å²) in [5.41, 5.74) is 9.25. The summed E-state index contributed by atoms with van der Waals surface area (Å²) in [6.07, 6.45) is 0. The van der Waals surface area contributed by atoms with Crippen molar-refractivity contribution in [3.63, 3.8) is 0 Å². The first-order chi connectivity index (χ1) is 12.6. The minimum Gasteiger partial charge on any atom is -0.383 e. The van der Waals surface area contributed by atoms with Crippen LogP contribution in [0.5, 0.6) is 0 Å². The number of benzene rings is 3. The van der Waals surface area contributed by atoms with Gasteiger partial charge in [0.05, 0.1) is 0 Å². The number of fused-ring (bicyclic) bond motifs is 3. The Morgan fingerprint density at radius 3 is 2.22 bits per heavy atom. The Bertz CT molecular complexity index is 1130. The van der Waals surface area contributed by atoms with E-state index >= 15 is 0 Å². The Balaban J connectivity index is 2.10. The second kappa shape index (κ2) is 5.71. The molecule has 0 bridgehead atoms. The summed E-state index contributed by atoms with van der Waals surface area (Å²) < 4.78 is 27.7. The van der Waals surface area contributed by atoms with Gasteiger partial charge in [-0.2, -0.15) is 0 Å². The van der Waals surface area contributed by atoms with Crippen LogP contribution < -0.4 is 5.73 Å². The van der Waals surface area contributed by atoms with E-state index in [2.05, 4.69) is 31.8 Å². The number of nitrogens with two attached hydrogens (primary N) is 1. The van der Waals surface area contributed by atoms with Gasteiger partial charge in [0, 0.05) is 17.2 Å². The molecule has 0 saturated heterocycles. The van der Waals surface area contributed by atoms with E-state index in [-0.39, 0.29) is 17.1 Å². The van der Waals surface area contributed by atoms with Gasteiger partial charge in [0.15, 0.2) is 5.84 Å². The van der Waals surface area contributed by atoms with Crippen LogP contribution in [0.2, 0.25) is 0 Å². The average Bonchev–Trinajstić information content (AvgIpc) is 2.87. The second-order valence-corrected chi connectivity index (χ2v) is 7.86. The Kier molecular flexibility index (Phi) is 3.67. The fourth-order valence-corrected chi connectivity index (χ4v) is 3.55. The number of amidine groups is 2. The lowest BCUT2D eigenvalue weighted by Crippen LogP contribution is -2.13. The summed E-state index contributed by atoms with van der Waals surface area (Å²) in [5, 5.41) is 9.99. The van der Waals surface area contributed by atoms with Crippen LogP contribution >= 0.6 is 0 Å². The van der Waals surface area contributed by atoms with Gasteiger partial charge < -0.3 is 5.73 Å². The highest BCUT2D eigenvalue weighted by Gasteiger charge is 2.26. The highest BCUT2D eigenvalue weighted by Crippen LogP contribution is 2.38. The van der Waals surface area contributed by atoms with E-state index in [9.17, 15) is 8.78 Å². The smallest absolute Gasteiger partial charge is 0.155 e. The van der Waals surface area contributed by atoms with E-state index in [0.717, 1.165) is 22.4 Å². The number of nitrogens with zero attached hydrogens (tertiary/aromatic N) is 1. The van der Waals surface area contributed by atoms with Gasteiger partial charge in [0.2, 0.25) is 0 Å². The topological polar surface area (TPSA) is 62.2 Å². The maximum absolute atomic E-state index is 13.8. The predicted molar refractivity (Wildman–Crippen MR) is 106 cm³/mol. The zero-order valence-electron chi connectivity index (χ0n) is 15.3. The molecule has 3 aromatic rings. The van der Waals surface area contributed by atoms with Crippen LogP contribution in [0.4, 0.5) is 8.78 Å². The SMILES string of the molecule is CC(C)(C)c1ccc2c3c(c(-c4cc(F)cc(F)c4)cc2c1)C(N)=NC3=N. The minimum absolute atomic E-state index is 0.0542. The first kappa shape index (κ1) is 17.3. The lowest BCUT2D eigenvalue weighted by atomic mass is 9.84. The zero-order chi connectivity index (χ0) is 19.5. The van der Waals surface area contributed by atoms with Crippen molar-refractivity contribution in [3.05, 3.63) is 70.8 Å². The quantitative estimate of drug-likeness (QED) is 0.619. The van der Waals surface area contributed by atoms with Crippen molar-refractivity contribution < 1.29 is 8.78 Å². The van der Waals surface area contributed by atoms with Crippen molar-refractivity contribution in [2.24, 2.45) is 10.7 Å². The normalized spacial score (nSPS) is 13.8. The molecule has 0 atom stereocenters. The number of halogens is 2. The maximum atomic E-state index is 13.8. The molecule has 0 amide bonds. The summed E-state index contributed by atoms with van der Waals surface area (Å²) in [6, 6.07) is 11.3. The van der Waals surface area contributed by atoms with Gasteiger partial charge >= 0.3 is 0 Å². The predicted octanol–water partition coefficient (Wildman–Crippen LogP) is 5.13. The molecule has 4 rings (SSSR count). The van der Waals surface area contributed by atoms with Gasteiger partial charge in [-0.1, -0.05) is 39.0 Å². The van der Waals surface area contributed by atoms with Crippen LogP contribution in [0.1, 0.15) is 37.5 Å². The molecule has 1 aliphatic heterocycles. The molecule has 5 heteroatoms. The molecule has 0 aromatic heterocycles. The van der Waals surface area contributed by atoms with Crippen LogP contribution in [0.3, 0.4) is 0 Å². The third kappa shape index (κ3) is 2.79. The average molecular weight is 363 g/mol. The molecule has 3 N–H and O–H groups in total.